The van der Waals surface area contributed by atoms with E-state index in [1.165, 1.54) is 0 Å². The van der Waals surface area contributed by atoms with Gasteiger partial charge in [-0.05, 0) is 39.4 Å². The number of benzene rings is 1. The fourth-order valence-corrected chi connectivity index (χ4v) is 3.63. The molecule has 2 atom stereocenters. The molecule has 3 rings (SSSR count). The number of aryl methyl sites for hydroxylation is 1. The van der Waals surface area contributed by atoms with Crippen LogP contribution >= 0.6 is 0 Å². The van der Waals surface area contributed by atoms with E-state index in [2.05, 4.69) is 9.55 Å². The Hall–Kier alpha value is -2.14. The molecule has 2 aromatic rings. The molecule has 0 spiro atoms. The molecule has 1 saturated heterocycles. The molecule has 5 heteroatoms. The summed E-state index contributed by atoms with van der Waals surface area (Å²) < 4.78 is 2.20. The molecule has 1 aromatic heterocycles. The first-order valence-corrected chi connectivity index (χ1v) is 8.57. The highest BCUT2D eigenvalue weighted by Crippen LogP contribution is 2.27. The van der Waals surface area contributed by atoms with Crippen molar-refractivity contribution in [3.05, 3.63) is 54.1 Å². The molecule has 128 valence electrons. The number of piperidine rings is 1. The molecule has 0 radical (unpaired) electrons. The van der Waals surface area contributed by atoms with Crippen LogP contribution < -0.4 is 0 Å². The summed E-state index contributed by atoms with van der Waals surface area (Å²) in [5, 5.41) is 0. The molecule has 2 heterocycles. The van der Waals surface area contributed by atoms with Crippen molar-refractivity contribution in [1.82, 2.24) is 19.4 Å². The van der Waals surface area contributed by atoms with Crippen LogP contribution in [0.25, 0.3) is 0 Å². The Bertz CT molecular complexity index is 680. The SMILES string of the molecule is Cc1nccn1C1CCCN(C(=O)C(c2ccccc2)N(C)C)C1. The highest BCUT2D eigenvalue weighted by Gasteiger charge is 2.31. The maximum absolute atomic E-state index is 13.2. The lowest BCUT2D eigenvalue weighted by Crippen LogP contribution is -2.46. The van der Waals surface area contributed by atoms with Crippen LogP contribution in [0, 0.1) is 6.92 Å². The fourth-order valence-electron chi connectivity index (χ4n) is 3.63. The van der Waals surface area contributed by atoms with E-state index in [4.69, 9.17) is 0 Å². The van der Waals surface area contributed by atoms with E-state index >= 15 is 0 Å². The molecule has 0 bridgehead atoms. The van der Waals surface area contributed by atoms with Gasteiger partial charge in [-0.3, -0.25) is 9.69 Å². The van der Waals surface area contributed by atoms with Crippen LogP contribution in [-0.2, 0) is 4.79 Å². The van der Waals surface area contributed by atoms with E-state index in [0.29, 0.717) is 6.04 Å². The minimum Gasteiger partial charge on any atom is -0.339 e. The molecule has 1 aliphatic rings. The maximum Gasteiger partial charge on any atom is 0.244 e. The molecule has 2 unspecified atom stereocenters. The van der Waals surface area contributed by atoms with Gasteiger partial charge in [-0.1, -0.05) is 30.3 Å². The number of imidazole rings is 1. The average Bonchev–Trinajstić information content (AvgIpc) is 3.02. The molecule has 24 heavy (non-hydrogen) atoms. The van der Waals surface area contributed by atoms with Gasteiger partial charge in [0.05, 0.1) is 6.04 Å². The molecule has 1 amide bonds. The van der Waals surface area contributed by atoms with Crippen molar-refractivity contribution >= 4 is 5.91 Å². The Labute approximate surface area is 143 Å². The number of aromatic nitrogens is 2. The summed E-state index contributed by atoms with van der Waals surface area (Å²) in [4.78, 5) is 21.5. The first-order chi connectivity index (χ1) is 11.6. The van der Waals surface area contributed by atoms with Crippen molar-refractivity contribution in [2.45, 2.75) is 31.8 Å². The zero-order chi connectivity index (χ0) is 17.1. The Morgan fingerprint density at radius 3 is 2.67 bits per heavy atom. The number of likely N-dealkylation sites (N-methyl/N-ethyl adjacent to an activating group) is 1. The number of likely N-dealkylation sites (tertiary alicyclic amines) is 1. The highest BCUT2D eigenvalue weighted by atomic mass is 16.2. The molecule has 5 nitrogen and oxygen atoms in total. The Morgan fingerprint density at radius 2 is 2.04 bits per heavy atom. The Morgan fingerprint density at radius 1 is 1.29 bits per heavy atom. The van der Waals surface area contributed by atoms with Crippen LogP contribution in [-0.4, -0.2) is 52.4 Å². The lowest BCUT2D eigenvalue weighted by molar-refractivity contribution is -0.138. The number of amides is 1. The van der Waals surface area contributed by atoms with Crippen molar-refractivity contribution < 1.29 is 4.79 Å². The van der Waals surface area contributed by atoms with Gasteiger partial charge >= 0.3 is 0 Å². The summed E-state index contributed by atoms with van der Waals surface area (Å²) >= 11 is 0. The summed E-state index contributed by atoms with van der Waals surface area (Å²) in [6, 6.07) is 10.1. The maximum atomic E-state index is 13.2. The third-order valence-electron chi connectivity index (χ3n) is 4.83. The number of carbonyl (C=O) groups excluding carboxylic acids is 1. The first-order valence-electron chi connectivity index (χ1n) is 8.57. The van der Waals surface area contributed by atoms with Gasteiger partial charge in [0, 0.05) is 25.5 Å². The number of hydrogen-bond donors (Lipinski definition) is 0. The molecular formula is C19H26N4O. The third kappa shape index (κ3) is 3.36. The van der Waals surface area contributed by atoms with Gasteiger partial charge < -0.3 is 9.47 Å². The lowest BCUT2D eigenvalue weighted by atomic mass is 10.0. The normalized spacial score (nSPS) is 19.5. The van der Waals surface area contributed by atoms with Crippen LogP contribution in [0.2, 0.25) is 0 Å². The molecule has 0 saturated carbocycles. The number of carbonyl (C=O) groups is 1. The van der Waals surface area contributed by atoms with Gasteiger partial charge in [0.15, 0.2) is 0 Å². The smallest absolute Gasteiger partial charge is 0.244 e. The van der Waals surface area contributed by atoms with Crippen LogP contribution in [0.3, 0.4) is 0 Å². The number of hydrogen-bond acceptors (Lipinski definition) is 3. The molecule has 0 N–H and O–H groups in total. The van der Waals surface area contributed by atoms with Gasteiger partial charge in [-0.25, -0.2) is 4.98 Å². The molecule has 0 aliphatic carbocycles. The molecular weight excluding hydrogens is 300 g/mol. The van der Waals surface area contributed by atoms with Crippen LogP contribution in [0.5, 0.6) is 0 Å². The zero-order valence-electron chi connectivity index (χ0n) is 14.7. The van der Waals surface area contributed by atoms with Crippen molar-refractivity contribution in [2.24, 2.45) is 0 Å². The minimum absolute atomic E-state index is 0.189. The third-order valence-corrected chi connectivity index (χ3v) is 4.83. The van der Waals surface area contributed by atoms with E-state index < -0.39 is 0 Å². The minimum atomic E-state index is -0.228. The first kappa shape index (κ1) is 16.7. The lowest BCUT2D eigenvalue weighted by Gasteiger charge is -2.37. The molecule has 1 aromatic carbocycles. The molecule has 1 aliphatic heterocycles. The fraction of sp³-hybridized carbons (Fsp3) is 0.474. The van der Waals surface area contributed by atoms with E-state index in [9.17, 15) is 4.79 Å². The van der Waals surface area contributed by atoms with Crippen LogP contribution in [0.4, 0.5) is 0 Å². The number of nitrogens with zero attached hydrogens (tertiary/aromatic N) is 4. The Kier molecular flexibility index (Phi) is 5.00. The van der Waals surface area contributed by atoms with Crippen LogP contribution in [0.1, 0.15) is 36.3 Å². The van der Waals surface area contributed by atoms with Crippen molar-refractivity contribution in [3.8, 4) is 0 Å². The number of rotatable bonds is 4. The largest absolute Gasteiger partial charge is 0.339 e. The van der Waals surface area contributed by atoms with E-state index in [1.807, 2.05) is 73.5 Å². The zero-order valence-corrected chi connectivity index (χ0v) is 14.7. The Balaban J connectivity index is 1.79. The summed E-state index contributed by atoms with van der Waals surface area (Å²) in [6.07, 6.45) is 5.99. The second-order valence-corrected chi connectivity index (χ2v) is 6.74. The molecule has 1 fully saturated rings. The second-order valence-electron chi connectivity index (χ2n) is 6.74. The van der Waals surface area contributed by atoms with Gasteiger partial charge in [-0.15, -0.1) is 0 Å². The van der Waals surface area contributed by atoms with Crippen molar-refractivity contribution in [1.29, 1.82) is 0 Å². The topological polar surface area (TPSA) is 41.4 Å². The summed E-state index contributed by atoms with van der Waals surface area (Å²) in [5.74, 6) is 1.20. The predicted molar refractivity (Wildman–Crippen MR) is 94.7 cm³/mol. The van der Waals surface area contributed by atoms with E-state index in [0.717, 1.165) is 37.3 Å². The summed E-state index contributed by atoms with van der Waals surface area (Å²) in [7, 11) is 3.94. The van der Waals surface area contributed by atoms with Gasteiger partial charge in [0.1, 0.15) is 11.9 Å². The monoisotopic (exact) mass is 326 g/mol. The van der Waals surface area contributed by atoms with E-state index in [-0.39, 0.29) is 11.9 Å². The second kappa shape index (κ2) is 7.18. The summed E-state index contributed by atoms with van der Waals surface area (Å²) in [5.41, 5.74) is 1.05. The summed E-state index contributed by atoms with van der Waals surface area (Å²) in [6.45, 7) is 3.61. The van der Waals surface area contributed by atoms with Gasteiger partial charge in [0.2, 0.25) is 5.91 Å². The highest BCUT2D eigenvalue weighted by molar-refractivity contribution is 5.83. The quantitative estimate of drug-likeness (QED) is 0.867. The standard InChI is InChI=1S/C19H26N4O/c1-15-20-11-13-23(15)17-10-7-12-22(14-17)19(24)18(21(2)3)16-8-5-4-6-9-16/h4-6,8-9,11,13,17-18H,7,10,12,14H2,1-3H3. The average molecular weight is 326 g/mol. The van der Waals surface area contributed by atoms with Gasteiger partial charge in [0.25, 0.3) is 0 Å². The van der Waals surface area contributed by atoms with Gasteiger partial charge in [-0.2, -0.15) is 0 Å². The van der Waals surface area contributed by atoms with E-state index in [1.54, 1.807) is 0 Å². The van der Waals surface area contributed by atoms with Crippen molar-refractivity contribution in [3.63, 3.8) is 0 Å². The van der Waals surface area contributed by atoms with Crippen LogP contribution in [0.15, 0.2) is 42.7 Å². The van der Waals surface area contributed by atoms with Crippen molar-refractivity contribution in [2.75, 3.05) is 27.2 Å². The predicted octanol–water partition coefficient (Wildman–Crippen LogP) is 2.66.